The molecule has 0 saturated carbocycles. The van der Waals surface area contributed by atoms with Crippen molar-refractivity contribution in [2.75, 3.05) is 0 Å². The Bertz CT molecular complexity index is 277. The summed E-state index contributed by atoms with van der Waals surface area (Å²) in [4.78, 5) is 10.7. The second kappa shape index (κ2) is 4.73. The van der Waals surface area contributed by atoms with Crippen molar-refractivity contribution in [2.45, 2.75) is 0 Å². The second-order valence-electron chi connectivity index (χ2n) is 2.20. The van der Waals surface area contributed by atoms with Crippen LogP contribution >= 0.6 is 11.6 Å². The smallest absolute Gasteiger partial charge is 0.181 e. The lowest BCUT2D eigenvalue weighted by atomic mass is 10.2. The van der Waals surface area contributed by atoms with Gasteiger partial charge in [-0.3, -0.25) is 4.79 Å². The summed E-state index contributed by atoms with van der Waals surface area (Å²) in [6.07, 6.45) is 3.07. The van der Waals surface area contributed by atoms with Gasteiger partial charge < -0.3 is 0 Å². The zero-order valence-electron chi connectivity index (χ0n) is 6.33. The van der Waals surface area contributed by atoms with E-state index in [2.05, 4.69) is 0 Å². The van der Waals surface area contributed by atoms with Crippen molar-refractivity contribution in [3.63, 3.8) is 0 Å². The van der Waals surface area contributed by atoms with Gasteiger partial charge in [-0.2, -0.15) is 0 Å². The number of halogens is 1. The van der Waals surface area contributed by atoms with Gasteiger partial charge in [-0.1, -0.05) is 36.4 Å². The topological polar surface area (TPSA) is 17.1 Å². The highest BCUT2D eigenvalue weighted by Gasteiger charge is 1.92. The Labute approximate surface area is 76.7 Å². The fraction of sp³-hybridized carbons (Fsp3) is 0. The van der Waals surface area contributed by atoms with Crippen molar-refractivity contribution >= 4 is 23.5 Å². The molecule has 2 heteroatoms. The van der Waals surface area contributed by atoms with Crippen LogP contribution in [0, 0.1) is 5.88 Å². The van der Waals surface area contributed by atoms with Gasteiger partial charge in [-0.05, 0) is 11.6 Å². The maximum absolute atomic E-state index is 10.7. The van der Waals surface area contributed by atoms with Crippen molar-refractivity contribution in [3.8, 4) is 0 Å². The number of hydrogen-bond acceptors (Lipinski definition) is 1. The molecule has 0 heterocycles. The van der Waals surface area contributed by atoms with Gasteiger partial charge in [-0.25, -0.2) is 0 Å². The summed E-state index contributed by atoms with van der Waals surface area (Å²) in [5, 5.41) is 0. The maximum atomic E-state index is 10.7. The van der Waals surface area contributed by atoms with Crippen molar-refractivity contribution in [1.29, 1.82) is 0 Å². The van der Waals surface area contributed by atoms with Gasteiger partial charge in [0.15, 0.2) is 11.7 Å². The van der Waals surface area contributed by atoms with Crippen LogP contribution in [0.3, 0.4) is 0 Å². The molecule has 0 bridgehead atoms. The maximum Gasteiger partial charge on any atom is 0.181 e. The molecular weight excluding hydrogens is 172 g/mol. The van der Waals surface area contributed by atoms with Crippen molar-refractivity contribution < 1.29 is 4.79 Å². The van der Waals surface area contributed by atoms with Crippen LogP contribution < -0.4 is 0 Å². The van der Waals surface area contributed by atoms with E-state index in [-0.39, 0.29) is 5.78 Å². The molecule has 1 aromatic rings. The highest BCUT2D eigenvalue weighted by atomic mass is 35.5. The lowest BCUT2D eigenvalue weighted by Crippen LogP contribution is -1.85. The summed E-state index contributed by atoms with van der Waals surface area (Å²) in [6.45, 7) is 0. The van der Waals surface area contributed by atoms with E-state index in [1.54, 1.807) is 6.08 Å². The van der Waals surface area contributed by atoms with Crippen LogP contribution in [0.1, 0.15) is 5.56 Å². The Morgan fingerprint density at radius 3 is 2.58 bits per heavy atom. The van der Waals surface area contributed by atoms with E-state index in [0.717, 1.165) is 5.56 Å². The molecule has 1 nitrogen and oxygen atoms in total. The monoisotopic (exact) mass is 178 g/mol. The second-order valence-corrected chi connectivity index (χ2v) is 2.39. The van der Waals surface area contributed by atoms with Gasteiger partial charge in [0.2, 0.25) is 0 Å². The van der Waals surface area contributed by atoms with Crippen LogP contribution in [0.5, 0.6) is 0 Å². The fourth-order valence-corrected chi connectivity index (χ4v) is 0.831. The molecule has 1 rings (SSSR count). The molecule has 0 spiro atoms. The SMILES string of the molecule is O=C([C]Cl)/C=C/c1ccccc1. The highest BCUT2D eigenvalue weighted by Crippen LogP contribution is 2.01. The number of allylic oxidation sites excluding steroid dienone is 1. The van der Waals surface area contributed by atoms with Gasteiger partial charge in [0.1, 0.15) is 0 Å². The average molecular weight is 179 g/mol. The molecule has 0 amide bonds. The minimum Gasteiger partial charge on any atom is -0.293 e. The van der Waals surface area contributed by atoms with Crippen LogP contribution in [-0.2, 0) is 4.79 Å². The first kappa shape index (κ1) is 9.01. The summed E-state index contributed by atoms with van der Waals surface area (Å²) >= 11 is 5.07. The number of hydrogen-bond donors (Lipinski definition) is 0. The Morgan fingerprint density at radius 2 is 2.00 bits per heavy atom. The Kier molecular flexibility index (Phi) is 3.55. The normalized spacial score (nSPS) is 10.4. The van der Waals surface area contributed by atoms with Crippen LogP contribution in [0.4, 0.5) is 0 Å². The molecule has 1 aromatic carbocycles. The first-order chi connectivity index (χ1) is 5.83. The minimum absolute atomic E-state index is 0.319. The zero-order chi connectivity index (χ0) is 8.81. The van der Waals surface area contributed by atoms with Crippen LogP contribution in [0.25, 0.3) is 6.08 Å². The third kappa shape index (κ3) is 2.89. The quantitative estimate of drug-likeness (QED) is 0.651. The van der Waals surface area contributed by atoms with E-state index < -0.39 is 0 Å². The van der Waals surface area contributed by atoms with E-state index >= 15 is 0 Å². The lowest BCUT2D eigenvalue weighted by Gasteiger charge is -1.88. The predicted molar refractivity (Wildman–Crippen MR) is 49.6 cm³/mol. The van der Waals surface area contributed by atoms with Gasteiger partial charge in [0.25, 0.3) is 0 Å². The molecule has 0 unspecified atom stereocenters. The summed E-state index contributed by atoms with van der Waals surface area (Å²) in [6, 6.07) is 9.52. The van der Waals surface area contributed by atoms with Gasteiger partial charge in [-0.15, -0.1) is 11.6 Å². The number of carbonyl (C=O) groups excluding carboxylic acids is 1. The first-order valence-corrected chi connectivity index (χ1v) is 3.84. The molecule has 12 heavy (non-hydrogen) atoms. The zero-order valence-corrected chi connectivity index (χ0v) is 7.08. The van der Waals surface area contributed by atoms with E-state index in [1.165, 1.54) is 6.08 Å². The average Bonchev–Trinajstić information content (AvgIpc) is 2.16. The van der Waals surface area contributed by atoms with E-state index in [4.69, 9.17) is 11.6 Å². The third-order valence-electron chi connectivity index (χ3n) is 1.32. The Balaban J connectivity index is 2.64. The molecule has 0 aliphatic heterocycles. The summed E-state index contributed by atoms with van der Waals surface area (Å²) < 4.78 is 0. The Hall–Kier alpha value is -1.08. The number of rotatable bonds is 3. The molecule has 0 aromatic heterocycles. The molecular formula is C10H7ClO. The molecule has 0 N–H and O–H groups in total. The number of ketones is 1. The van der Waals surface area contributed by atoms with E-state index in [9.17, 15) is 4.79 Å². The van der Waals surface area contributed by atoms with E-state index in [0.29, 0.717) is 0 Å². The summed E-state index contributed by atoms with van der Waals surface area (Å²) in [5.74, 6) is 1.66. The van der Waals surface area contributed by atoms with Crippen molar-refractivity contribution in [1.82, 2.24) is 0 Å². The fourth-order valence-electron chi connectivity index (χ4n) is 0.768. The molecule has 0 atom stereocenters. The molecule has 60 valence electrons. The van der Waals surface area contributed by atoms with E-state index in [1.807, 2.05) is 36.2 Å². The van der Waals surface area contributed by atoms with Crippen LogP contribution in [0.15, 0.2) is 36.4 Å². The van der Waals surface area contributed by atoms with Gasteiger partial charge in [0.05, 0.1) is 0 Å². The first-order valence-electron chi connectivity index (χ1n) is 3.46. The van der Waals surface area contributed by atoms with Crippen LogP contribution in [0.2, 0.25) is 0 Å². The van der Waals surface area contributed by atoms with Gasteiger partial charge in [0, 0.05) is 0 Å². The predicted octanol–water partition coefficient (Wildman–Crippen LogP) is 2.55. The lowest BCUT2D eigenvalue weighted by molar-refractivity contribution is -0.111. The highest BCUT2D eigenvalue weighted by molar-refractivity contribution is 6.36. The molecule has 2 radical (unpaired) electrons. The summed E-state index contributed by atoms with van der Waals surface area (Å²) in [7, 11) is 0. The molecule has 0 aliphatic carbocycles. The van der Waals surface area contributed by atoms with Crippen LogP contribution in [-0.4, -0.2) is 5.78 Å². The number of carbonyl (C=O) groups is 1. The minimum atomic E-state index is -0.319. The summed E-state index contributed by atoms with van der Waals surface area (Å²) in [5.41, 5.74) is 0.970. The molecule has 0 saturated heterocycles. The molecule has 0 aliphatic rings. The third-order valence-corrected chi connectivity index (χ3v) is 1.51. The number of benzene rings is 1. The van der Waals surface area contributed by atoms with Gasteiger partial charge >= 0.3 is 0 Å². The van der Waals surface area contributed by atoms with Crippen molar-refractivity contribution in [3.05, 3.63) is 47.9 Å². The Morgan fingerprint density at radius 1 is 1.33 bits per heavy atom. The van der Waals surface area contributed by atoms with Crippen molar-refractivity contribution in [2.24, 2.45) is 0 Å². The molecule has 0 fully saturated rings. The standard InChI is InChI=1S/C10H7ClO/c11-8-10(12)7-6-9-4-2-1-3-5-9/h1-7H/b7-6+. The largest absolute Gasteiger partial charge is 0.293 e.